The molecule has 0 unspecified atom stereocenters. The summed E-state index contributed by atoms with van der Waals surface area (Å²) in [6, 6.07) is 17.6. The van der Waals surface area contributed by atoms with Gasteiger partial charge in [-0.25, -0.2) is 9.78 Å². The molecule has 0 atom stereocenters. The Balaban J connectivity index is 1.50. The fraction of sp³-hybridized carbons (Fsp3) is 0.190. The lowest BCUT2D eigenvalue weighted by atomic mass is 10.1. The molecule has 3 rings (SSSR count). The molecule has 1 amide bonds. The molecular weight excluding hydrogens is 360 g/mol. The van der Waals surface area contributed by atoms with E-state index in [-0.39, 0.29) is 18.2 Å². The summed E-state index contributed by atoms with van der Waals surface area (Å²) >= 11 is 1.37. The van der Waals surface area contributed by atoms with Crippen molar-refractivity contribution in [2.45, 2.75) is 19.9 Å². The van der Waals surface area contributed by atoms with Gasteiger partial charge >= 0.3 is 5.97 Å². The molecule has 0 saturated heterocycles. The number of carbonyl (C=O) groups excluding carboxylic acids is 2. The normalized spacial score (nSPS) is 10.4. The van der Waals surface area contributed by atoms with Crippen LogP contribution in [-0.2, 0) is 22.5 Å². The molecule has 0 aliphatic heterocycles. The summed E-state index contributed by atoms with van der Waals surface area (Å²) in [5, 5.41) is 5.11. The molecule has 6 heteroatoms. The van der Waals surface area contributed by atoms with Gasteiger partial charge in [0, 0.05) is 17.5 Å². The van der Waals surface area contributed by atoms with Crippen molar-refractivity contribution in [3.05, 3.63) is 76.8 Å². The number of nitrogens with zero attached hydrogens (tertiary/aromatic N) is 1. The lowest BCUT2D eigenvalue weighted by Crippen LogP contribution is -2.28. The van der Waals surface area contributed by atoms with Crippen LogP contribution in [0.15, 0.2) is 60.0 Å². The Bertz CT molecular complexity index is 905. The molecule has 0 saturated carbocycles. The van der Waals surface area contributed by atoms with E-state index in [0.717, 1.165) is 22.6 Å². The quantitative estimate of drug-likeness (QED) is 0.632. The second kappa shape index (κ2) is 9.09. The van der Waals surface area contributed by atoms with E-state index in [4.69, 9.17) is 4.74 Å². The predicted octanol–water partition coefficient (Wildman–Crippen LogP) is 3.85. The van der Waals surface area contributed by atoms with E-state index >= 15 is 0 Å². The van der Waals surface area contributed by atoms with Crippen LogP contribution in [0.2, 0.25) is 0 Å². The Kier molecular flexibility index (Phi) is 6.33. The van der Waals surface area contributed by atoms with Crippen molar-refractivity contribution >= 4 is 23.2 Å². The lowest BCUT2D eigenvalue weighted by molar-refractivity contribution is -0.124. The average Bonchev–Trinajstić information content (AvgIpc) is 3.21. The number of esters is 1. The van der Waals surface area contributed by atoms with E-state index in [2.05, 4.69) is 17.2 Å². The Morgan fingerprint density at radius 1 is 1.04 bits per heavy atom. The van der Waals surface area contributed by atoms with Gasteiger partial charge in [-0.1, -0.05) is 61.5 Å². The number of hydrogen-bond donors (Lipinski definition) is 1. The molecule has 0 aliphatic carbocycles. The van der Waals surface area contributed by atoms with Crippen molar-refractivity contribution in [1.82, 2.24) is 10.3 Å². The summed E-state index contributed by atoms with van der Waals surface area (Å²) < 4.78 is 5.06. The van der Waals surface area contributed by atoms with E-state index in [1.807, 2.05) is 54.6 Å². The van der Waals surface area contributed by atoms with Crippen LogP contribution in [0.1, 0.15) is 28.5 Å². The van der Waals surface area contributed by atoms with Crippen molar-refractivity contribution in [1.29, 1.82) is 0 Å². The third kappa shape index (κ3) is 5.24. The minimum atomic E-state index is -0.600. The summed E-state index contributed by atoms with van der Waals surface area (Å²) in [5.74, 6) is -0.949. The molecule has 0 spiro atoms. The number of benzene rings is 2. The van der Waals surface area contributed by atoms with E-state index in [1.54, 1.807) is 5.38 Å². The van der Waals surface area contributed by atoms with Gasteiger partial charge in [0.05, 0.1) is 0 Å². The largest absolute Gasteiger partial charge is 0.451 e. The maximum atomic E-state index is 12.1. The summed E-state index contributed by atoms with van der Waals surface area (Å²) in [4.78, 5) is 28.3. The number of aryl methyl sites for hydroxylation is 1. The van der Waals surface area contributed by atoms with Crippen LogP contribution in [0.25, 0.3) is 10.6 Å². The first-order valence-corrected chi connectivity index (χ1v) is 9.56. The molecule has 1 N–H and O–H groups in total. The van der Waals surface area contributed by atoms with Gasteiger partial charge in [0.15, 0.2) is 12.3 Å². The zero-order valence-electron chi connectivity index (χ0n) is 15.0. The molecule has 1 heterocycles. The molecule has 2 aromatic carbocycles. The number of aromatic nitrogens is 1. The van der Waals surface area contributed by atoms with Crippen molar-refractivity contribution in [3.8, 4) is 10.6 Å². The maximum Gasteiger partial charge on any atom is 0.358 e. The Labute approximate surface area is 162 Å². The fourth-order valence-electron chi connectivity index (χ4n) is 2.44. The fourth-order valence-corrected chi connectivity index (χ4v) is 3.23. The summed E-state index contributed by atoms with van der Waals surface area (Å²) in [5.41, 5.74) is 3.40. The number of hydrogen-bond acceptors (Lipinski definition) is 5. The highest BCUT2D eigenvalue weighted by molar-refractivity contribution is 7.13. The van der Waals surface area contributed by atoms with Crippen molar-refractivity contribution in [2.75, 3.05) is 6.61 Å². The molecule has 138 valence electrons. The van der Waals surface area contributed by atoms with Crippen LogP contribution < -0.4 is 5.32 Å². The number of amides is 1. The first kappa shape index (κ1) is 18.8. The third-order valence-corrected chi connectivity index (χ3v) is 4.88. The lowest BCUT2D eigenvalue weighted by Gasteiger charge is -2.05. The van der Waals surface area contributed by atoms with Gasteiger partial charge in [0.1, 0.15) is 5.01 Å². The highest BCUT2D eigenvalue weighted by Gasteiger charge is 2.15. The van der Waals surface area contributed by atoms with E-state index in [9.17, 15) is 9.59 Å². The monoisotopic (exact) mass is 380 g/mol. The standard InChI is InChI=1S/C21H20N2O3S/c1-2-15-8-10-17(11-9-15)20-23-18(14-27-20)21(25)26-13-19(24)22-12-16-6-4-3-5-7-16/h3-11,14H,2,12-13H2,1H3,(H,22,24). The van der Waals surface area contributed by atoms with E-state index in [1.165, 1.54) is 16.9 Å². The van der Waals surface area contributed by atoms with Crippen molar-refractivity contribution < 1.29 is 14.3 Å². The summed E-state index contributed by atoms with van der Waals surface area (Å²) in [6.07, 6.45) is 0.974. The number of carbonyl (C=O) groups is 2. The van der Waals surface area contributed by atoms with Gasteiger partial charge in [-0.3, -0.25) is 4.79 Å². The van der Waals surface area contributed by atoms with Gasteiger partial charge < -0.3 is 10.1 Å². The van der Waals surface area contributed by atoms with Gasteiger partial charge in [0.25, 0.3) is 5.91 Å². The number of nitrogens with one attached hydrogen (secondary N) is 1. The van der Waals surface area contributed by atoms with Gasteiger partial charge in [0.2, 0.25) is 0 Å². The van der Waals surface area contributed by atoms with Gasteiger partial charge in [-0.15, -0.1) is 11.3 Å². The number of ether oxygens (including phenoxy) is 1. The predicted molar refractivity (Wildman–Crippen MR) is 105 cm³/mol. The summed E-state index contributed by atoms with van der Waals surface area (Å²) in [7, 11) is 0. The highest BCUT2D eigenvalue weighted by atomic mass is 32.1. The molecule has 5 nitrogen and oxygen atoms in total. The second-order valence-corrected chi connectivity index (χ2v) is 6.78. The second-order valence-electron chi connectivity index (χ2n) is 5.93. The first-order valence-electron chi connectivity index (χ1n) is 8.68. The molecule has 27 heavy (non-hydrogen) atoms. The third-order valence-electron chi connectivity index (χ3n) is 3.99. The molecule has 0 bridgehead atoms. The first-order chi connectivity index (χ1) is 13.2. The van der Waals surface area contributed by atoms with Crippen molar-refractivity contribution in [2.24, 2.45) is 0 Å². The molecule has 1 aromatic heterocycles. The smallest absolute Gasteiger partial charge is 0.358 e. The topological polar surface area (TPSA) is 68.3 Å². The molecule has 0 radical (unpaired) electrons. The van der Waals surface area contributed by atoms with E-state index in [0.29, 0.717) is 6.54 Å². The van der Waals surface area contributed by atoms with Crippen LogP contribution in [0.3, 0.4) is 0 Å². The Morgan fingerprint density at radius 2 is 1.78 bits per heavy atom. The molecule has 3 aromatic rings. The highest BCUT2D eigenvalue weighted by Crippen LogP contribution is 2.24. The maximum absolute atomic E-state index is 12.1. The SMILES string of the molecule is CCc1ccc(-c2nc(C(=O)OCC(=O)NCc3ccccc3)cs2)cc1. The minimum Gasteiger partial charge on any atom is -0.451 e. The minimum absolute atomic E-state index is 0.213. The Morgan fingerprint density at radius 3 is 2.48 bits per heavy atom. The molecule has 0 aliphatic rings. The number of thiazole rings is 1. The molecule has 0 fully saturated rings. The average molecular weight is 380 g/mol. The van der Waals surface area contributed by atoms with Crippen LogP contribution in [0.4, 0.5) is 0 Å². The zero-order chi connectivity index (χ0) is 19.1. The summed E-state index contributed by atoms with van der Waals surface area (Å²) in [6.45, 7) is 2.16. The van der Waals surface area contributed by atoms with Crippen LogP contribution in [0, 0.1) is 0 Å². The van der Waals surface area contributed by atoms with Crippen LogP contribution >= 0.6 is 11.3 Å². The van der Waals surface area contributed by atoms with Gasteiger partial charge in [-0.2, -0.15) is 0 Å². The Hall–Kier alpha value is -2.99. The van der Waals surface area contributed by atoms with E-state index < -0.39 is 5.97 Å². The van der Waals surface area contributed by atoms with Crippen LogP contribution in [0.5, 0.6) is 0 Å². The molecular formula is C21H20N2O3S. The zero-order valence-corrected chi connectivity index (χ0v) is 15.8. The van der Waals surface area contributed by atoms with Crippen LogP contribution in [-0.4, -0.2) is 23.5 Å². The van der Waals surface area contributed by atoms with Gasteiger partial charge in [-0.05, 0) is 17.5 Å². The van der Waals surface area contributed by atoms with Crippen molar-refractivity contribution in [3.63, 3.8) is 0 Å². The number of rotatable bonds is 7.